The molecule has 1 aromatic rings. The molecule has 0 radical (unpaired) electrons. The van der Waals surface area contributed by atoms with E-state index in [1.807, 2.05) is 13.0 Å². The fraction of sp³-hybridized carbons (Fsp3) is 0.692. The van der Waals surface area contributed by atoms with E-state index >= 15 is 0 Å². The molecule has 0 amide bonds. The Bertz CT molecular complexity index is 406. The number of hydrogen-bond donors (Lipinski definition) is 3. The number of aryl methyl sites for hydroxylation is 1. The molecule has 0 spiro atoms. The van der Waals surface area contributed by atoms with Crippen molar-refractivity contribution in [3.8, 4) is 0 Å². The van der Waals surface area contributed by atoms with Crippen LogP contribution < -0.4 is 16.6 Å². The molecule has 1 aliphatic rings. The van der Waals surface area contributed by atoms with E-state index in [-0.39, 0.29) is 0 Å². The fourth-order valence-electron chi connectivity index (χ4n) is 2.46. The molecule has 0 saturated heterocycles. The Morgan fingerprint density at radius 2 is 1.94 bits per heavy atom. The zero-order valence-electron chi connectivity index (χ0n) is 11.5. The number of nitrogens with one attached hydrogen (secondary N) is 2. The third-order valence-electron chi connectivity index (χ3n) is 3.67. The first-order chi connectivity index (χ1) is 8.48. The van der Waals surface area contributed by atoms with Crippen molar-refractivity contribution in [2.45, 2.75) is 52.5 Å². The first kappa shape index (κ1) is 13.1. The summed E-state index contributed by atoms with van der Waals surface area (Å²) in [6.07, 6.45) is 4.91. The first-order valence-electron chi connectivity index (χ1n) is 6.57. The van der Waals surface area contributed by atoms with Crippen LogP contribution in [0.3, 0.4) is 0 Å². The van der Waals surface area contributed by atoms with Gasteiger partial charge < -0.3 is 5.32 Å². The van der Waals surface area contributed by atoms with Crippen LogP contribution in [0.25, 0.3) is 0 Å². The number of aromatic nitrogens is 2. The molecule has 1 saturated carbocycles. The topological polar surface area (TPSA) is 75.9 Å². The second kappa shape index (κ2) is 5.10. The molecule has 5 heteroatoms. The predicted molar refractivity (Wildman–Crippen MR) is 74.2 cm³/mol. The van der Waals surface area contributed by atoms with Gasteiger partial charge in [-0.05, 0) is 38.0 Å². The average Bonchev–Trinajstić information content (AvgIpc) is 2.31. The Labute approximate surface area is 109 Å². The molecule has 1 fully saturated rings. The molecule has 0 aromatic carbocycles. The third kappa shape index (κ3) is 3.32. The molecular formula is C13H23N5. The average molecular weight is 249 g/mol. The first-order valence-corrected chi connectivity index (χ1v) is 6.57. The van der Waals surface area contributed by atoms with Crippen LogP contribution in [0.5, 0.6) is 0 Å². The van der Waals surface area contributed by atoms with Crippen LogP contribution in [0.1, 0.15) is 45.2 Å². The number of nitrogen functional groups attached to an aromatic ring is 1. The van der Waals surface area contributed by atoms with Gasteiger partial charge in [0.25, 0.3) is 0 Å². The lowest BCUT2D eigenvalue weighted by atomic mass is 9.75. The molecule has 0 bridgehead atoms. The van der Waals surface area contributed by atoms with E-state index < -0.39 is 0 Å². The molecule has 0 unspecified atom stereocenters. The maximum atomic E-state index is 5.35. The Balaban J connectivity index is 2.00. The molecule has 1 aliphatic carbocycles. The lowest BCUT2D eigenvalue weighted by Gasteiger charge is -2.34. The molecule has 18 heavy (non-hydrogen) atoms. The Kier molecular flexibility index (Phi) is 3.71. The molecule has 4 N–H and O–H groups in total. The third-order valence-corrected chi connectivity index (χ3v) is 3.67. The highest BCUT2D eigenvalue weighted by Crippen LogP contribution is 2.35. The molecule has 0 atom stereocenters. The lowest BCUT2D eigenvalue weighted by molar-refractivity contribution is 0.232. The highest BCUT2D eigenvalue weighted by atomic mass is 15.3. The Hall–Kier alpha value is -1.36. The number of nitrogens with two attached hydrogens (primary N) is 1. The van der Waals surface area contributed by atoms with Crippen molar-refractivity contribution in [1.82, 2.24) is 9.97 Å². The summed E-state index contributed by atoms with van der Waals surface area (Å²) >= 11 is 0. The molecule has 1 aromatic heterocycles. The van der Waals surface area contributed by atoms with Crippen LogP contribution in [0.4, 0.5) is 11.8 Å². The van der Waals surface area contributed by atoms with Gasteiger partial charge >= 0.3 is 0 Å². The summed E-state index contributed by atoms with van der Waals surface area (Å²) < 4.78 is 0. The van der Waals surface area contributed by atoms with Crippen LogP contribution in [0.2, 0.25) is 0 Å². The normalized spacial score (nSPS) is 19.6. The van der Waals surface area contributed by atoms with E-state index in [0.29, 0.717) is 17.4 Å². The van der Waals surface area contributed by atoms with Crippen molar-refractivity contribution in [2.24, 2.45) is 11.3 Å². The van der Waals surface area contributed by atoms with Gasteiger partial charge in [-0.2, -0.15) is 4.98 Å². The smallest absolute Gasteiger partial charge is 0.239 e. The van der Waals surface area contributed by atoms with E-state index in [1.165, 1.54) is 25.7 Å². The number of rotatable bonds is 3. The van der Waals surface area contributed by atoms with Gasteiger partial charge in [-0.1, -0.05) is 13.8 Å². The maximum absolute atomic E-state index is 5.35. The maximum Gasteiger partial charge on any atom is 0.239 e. The van der Waals surface area contributed by atoms with Crippen molar-refractivity contribution in [1.29, 1.82) is 0 Å². The highest BCUT2D eigenvalue weighted by Gasteiger charge is 2.26. The van der Waals surface area contributed by atoms with Gasteiger partial charge in [0.2, 0.25) is 5.95 Å². The molecular weight excluding hydrogens is 226 g/mol. The van der Waals surface area contributed by atoms with Crippen molar-refractivity contribution >= 4 is 11.8 Å². The van der Waals surface area contributed by atoms with Gasteiger partial charge in [-0.15, -0.1) is 0 Å². The van der Waals surface area contributed by atoms with Gasteiger partial charge in [0.05, 0.1) is 0 Å². The van der Waals surface area contributed by atoms with Crippen LogP contribution in [0.15, 0.2) is 6.07 Å². The van der Waals surface area contributed by atoms with Crippen molar-refractivity contribution in [2.75, 3.05) is 10.7 Å². The summed E-state index contributed by atoms with van der Waals surface area (Å²) in [7, 11) is 0. The monoisotopic (exact) mass is 249 g/mol. The summed E-state index contributed by atoms with van der Waals surface area (Å²) in [6.45, 7) is 6.63. The van der Waals surface area contributed by atoms with E-state index in [9.17, 15) is 0 Å². The standard InChI is InChI=1S/C13H23N5/c1-9-8-11(17-12(15-9)18-14)16-10-4-6-13(2,3)7-5-10/h8,10H,4-7,14H2,1-3H3,(H2,15,16,17,18). The summed E-state index contributed by atoms with van der Waals surface area (Å²) in [5.74, 6) is 6.68. The zero-order valence-corrected chi connectivity index (χ0v) is 11.5. The minimum absolute atomic E-state index is 0.466. The number of nitrogens with zero attached hydrogens (tertiary/aromatic N) is 2. The van der Waals surface area contributed by atoms with Gasteiger partial charge in [-0.25, -0.2) is 10.8 Å². The minimum atomic E-state index is 0.466. The van der Waals surface area contributed by atoms with Gasteiger partial charge in [0, 0.05) is 17.8 Å². The minimum Gasteiger partial charge on any atom is -0.367 e. The second-order valence-electron chi connectivity index (χ2n) is 5.95. The quantitative estimate of drug-likeness (QED) is 0.566. The largest absolute Gasteiger partial charge is 0.367 e. The summed E-state index contributed by atoms with van der Waals surface area (Å²) in [5.41, 5.74) is 3.90. The van der Waals surface area contributed by atoms with Gasteiger partial charge in [0.1, 0.15) is 5.82 Å². The van der Waals surface area contributed by atoms with Crippen LogP contribution in [-0.2, 0) is 0 Å². The van der Waals surface area contributed by atoms with Crippen molar-refractivity contribution < 1.29 is 0 Å². The Morgan fingerprint density at radius 1 is 1.28 bits per heavy atom. The number of hydrazine groups is 1. The summed E-state index contributed by atoms with van der Waals surface area (Å²) in [6, 6.07) is 2.47. The lowest BCUT2D eigenvalue weighted by Crippen LogP contribution is -2.30. The van der Waals surface area contributed by atoms with E-state index in [0.717, 1.165) is 11.5 Å². The molecule has 2 rings (SSSR count). The predicted octanol–water partition coefficient (Wildman–Crippen LogP) is 2.45. The van der Waals surface area contributed by atoms with Crippen LogP contribution in [-0.4, -0.2) is 16.0 Å². The Morgan fingerprint density at radius 3 is 2.56 bits per heavy atom. The fourth-order valence-corrected chi connectivity index (χ4v) is 2.46. The van der Waals surface area contributed by atoms with Gasteiger partial charge in [0.15, 0.2) is 0 Å². The van der Waals surface area contributed by atoms with E-state index in [4.69, 9.17) is 5.84 Å². The van der Waals surface area contributed by atoms with E-state index in [2.05, 4.69) is 34.6 Å². The second-order valence-corrected chi connectivity index (χ2v) is 5.95. The van der Waals surface area contributed by atoms with Crippen LogP contribution >= 0.6 is 0 Å². The molecule has 5 nitrogen and oxygen atoms in total. The van der Waals surface area contributed by atoms with Crippen molar-refractivity contribution in [3.05, 3.63) is 11.8 Å². The van der Waals surface area contributed by atoms with Crippen LogP contribution in [0, 0.1) is 12.3 Å². The highest BCUT2D eigenvalue weighted by molar-refractivity contribution is 5.42. The zero-order chi connectivity index (χ0) is 13.2. The van der Waals surface area contributed by atoms with Gasteiger partial charge in [-0.3, -0.25) is 5.43 Å². The summed E-state index contributed by atoms with van der Waals surface area (Å²) in [5, 5.41) is 3.49. The number of hydrogen-bond acceptors (Lipinski definition) is 5. The summed E-state index contributed by atoms with van der Waals surface area (Å²) in [4.78, 5) is 8.51. The number of anilines is 2. The molecule has 100 valence electrons. The molecule has 0 aliphatic heterocycles. The SMILES string of the molecule is Cc1cc(NC2CCC(C)(C)CC2)nc(NN)n1. The van der Waals surface area contributed by atoms with E-state index in [1.54, 1.807) is 0 Å². The van der Waals surface area contributed by atoms with Crippen molar-refractivity contribution in [3.63, 3.8) is 0 Å². The molecule has 1 heterocycles.